The van der Waals surface area contributed by atoms with Crippen molar-refractivity contribution in [2.45, 2.75) is 64.0 Å². The Morgan fingerprint density at radius 3 is 2.45 bits per heavy atom. The third-order valence-corrected chi connectivity index (χ3v) is 7.52. The predicted octanol–water partition coefficient (Wildman–Crippen LogP) is 4.35. The van der Waals surface area contributed by atoms with E-state index in [1.165, 1.54) is 37.8 Å². The van der Waals surface area contributed by atoms with E-state index in [2.05, 4.69) is 58.1 Å². The normalized spacial score (nSPS) is 23.9. The lowest BCUT2D eigenvalue weighted by Gasteiger charge is -2.42. The minimum atomic E-state index is -0.0762. The number of carbonyl (C=O) groups excluding carboxylic acids is 1. The minimum absolute atomic E-state index is 0.0762. The number of aromatic nitrogens is 2. The van der Waals surface area contributed by atoms with Crippen LogP contribution in [0.3, 0.4) is 0 Å². The minimum Gasteiger partial charge on any atom is -0.368 e. The molecule has 31 heavy (non-hydrogen) atoms. The lowest BCUT2D eigenvalue weighted by molar-refractivity contribution is 0.0747. The molecule has 1 aliphatic carbocycles. The summed E-state index contributed by atoms with van der Waals surface area (Å²) in [6, 6.07) is 10.9. The summed E-state index contributed by atoms with van der Waals surface area (Å²) in [7, 11) is 0. The number of anilines is 2. The third kappa shape index (κ3) is 3.92. The first-order valence-electron chi connectivity index (χ1n) is 12.0. The molecular weight excluding hydrogens is 386 g/mol. The fraction of sp³-hybridized carbons (Fsp3) is 0.600. The summed E-state index contributed by atoms with van der Waals surface area (Å²) in [6.07, 6.45) is 9.48. The van der Waals surface area contributed by atoms with Crippen molar-refractivity contribution in [1.82, 2.24) is 14.7 Å². The summed E-state index contributed by atoms with van der Waals surface area (Å²) in [5.74, 6) is 1.75. The fourth-order valence-corrected chi connectivity index (χ4v) is 5.75. The number of amides is 1. The Balaban J connectivity index is 1.32. The first kappa shape index (κ1) is 20.4. The maximum atomic E-state index is 13.5. The van der Waals surface area contributed by atoms with Gasteiger partial charge >= 0.3 is 0 Å². The number of para-hydroxylation sites is 1. The molecule has 2 fully saturated rings. The number of hydrogen-bond acceptors (Lipinski definition) is 4. The van der Waals surface area contributed by atoms with Crippen LogP contribution in [0.25, 0.3) is 0 Å². The van der Waals surface area contributed by atoms with Crippen molar-refractivity contribution < 1.29 is 4.79 Å². The Morgan fingerprint density at radius 2 is 1.74 bits per heavy atom. The van der Waals surface area contributed by atoms with E-state index in [0.29, 0.717) is 12.0 Å². The van der Waals surface area contributed by atoms with Gasteiger partial charge in [0, 0.05) is 37.9 Å². The van der Waals surface area contributed by atoms with Crippen LogP contribution in [0.15, 0.2) is 36.5 Å². The van der Waals surface area contributed by atoms with Crippen LogP contribution in [0.1, 0.15) is 62.7 Å². The van der Waals surface area contributed by atoms with Crippen molar-refractivity contribution in [2.24, 2.45) is 5.92 Å². The molecule has 1 atom stereocenters. The van der Waals surface area contributed by atoms with Crippen LogP contribution in [0.4, 0.5) is 11.5 Å². The maximum Gasteiger partial charge on any atom is 0.259 e. The van der Waals surface area contributed by atoms with Crippen LogP contribution >= 0.6 is 0 Å². The van der Waals surface area contributed by atoms with Gasteiger partial charge in [0.15, 0.2) is 0 Å². The molecule has 166 valence electrons. The van der Waals surface area contributed by atoms with Crippen molar-refractivity contribution in [3.63, 3.8) is 0 Å². The largest absolute Gasteiger partial charge is 0.368 e. The first-order chi connectivity index (χ1) is 15.0. The molecule has 1 saturated carbocycles. The number of fused-ring (bicyclic) bond motifs is 1. The van der Waals surface area contributed by atoms with E-state index in [4.69, 9.17) is 0 Å². The summed E-state index contributed by atoms with van der Waals surface area (Å²) in [5, 5.41) is 8.43. The number of nitrogens with one attached hydrogen (secondary N) is 1. The van der Waals surface area contributed by atoms with Crippen molar-refractivity contribution in [1.29, 1.82) is 0 Å². The van der Waals surface area contributed by atoms with E-state index in [1.807, 2.05) is 11.0 Å². The zero-order chi connectivity index (χ0) is 21.4. The summed E-state index contributed by atoms with van der Waals surface area (Å²) < 4.78 is 2.06. The van der Waals surface area contributed by atoms with E-state index < -0.39 is 0 Å². The van der Waals surface area contributed by atoms with Crippen LogP contribution < -0.4 is 10.2 Å². The zero-order valence-electron chi connectivity index (χ0n) is 18.9. The van der Waals surface area contributed by atoms with Crippen LogP contribution in [0.5, 0.6) is 0 Å². The molecule has 3 heterocycles. The number of benzene rings is 1. The van der Waals surface area contributed by atoms with E-state index in [-0.39, 0.29) is 11.4 Å². The number of nitrogens with zero attached hydrogens (tertiary/aromatic N) is 4. The average molecular weight is 422 g/mol. The molecule has 0 radical (unpaired) electrons. The second kappa shape index (κ2) is 8.21. The average Bonchev–Trinajstić information content (AvgIpc) is 3.25. The van der Waals surface area contributed by atoms with Gasteiger partial charge in [0.05, 0.1) is 11.7 Å². The molecule has 1 N–H and O–H groups in total. The van der Waals surface area contributed by atoms with E-state index in [0.717, 1.165) is 44.0 Å². The Morgan fingerprint density at radius 1 is 1.03 bits per heavy atom. The van der Waals surface area contributed by atoms with E-state index in [1.54, 1.807) is 6.20 Å². The molecule has 1 amide bonds. The number of piperazine rings is 1. The second-order valence-electron chi connectivity index (χ2n) is 10.1. The van der Waals surface area contributed by atoms with Gasteiger partial charge in [0.2, 0.25) is 0 Å². The van der Waals surface area contributed by atoms with Gasteiger partial charge in [-0.25, -0.2) is 4.68 Å². The topological polar surface area (TPSA) is 53.4 Å². The highest BCUT2D eigenvalue weighted by atomic mass is 16.2. The summed E-state index contributed by atoms with van der Waals surface area (Å²) in [5.41, 5.74) is 1.89. The van der Waals surface area contributed by atoms with Crippen molar-refractivity contribution in [2.75, 3.05) is 36.4 Å². The van der Waals surface area contributed by atoms with Gasteiger partial charge in [0.25, 0.3) is 5.91 Å². The molecule has 0 spiro atoms. The van der Waals surface area contributed by atoms with Gasteiger partial charge in [-0.15, -0.1) is 0 Å². The summed E-state index contributed by atoms with van der Waals surface area (Å²) in [6.45, 7) is 7.73. The SMILES string of the molecule is CC1(C)CC(C2CCCCC2)Nc2c(C(=O)N3CCN(c4ccccc4)CC3)cnn21. The summed E-state index contributed by atoms with van der Waals surface area (Å²) >= 11 is 0. The highest BCUT2D eigenvalue weighted by molar-refractivity contribution is 5.99. The second-order valence-corrected chi connectivity index (χ2v) is 10.1. The molecule has 1 aromatic carbocycles. The molecule has 3 aliphatic rings. The highest BCUT2D eigenvalue weighted by Gasteiger charge is 2.40. The van der Waals surface area contributed by atoms with Gasteiger partial charge < -0.3 is 15.1 Å². The number of carbonyl (C=O) groups is 1. The Labute approximate surface area is 185 Å². The molecule has 1 saturated heterocycles. The lowest BCUT2D eigenvalue weighted by Crippen LogP contribution is -2.49. The van der Waals surface area contributed by atoms with Crippen LogP contribution in [0.2, 0.25) is 0 Å². The van der Waals surface area contributed by atoms with Gasteiger partial charge in [-0.05, 0) is 51.2 Å². The van der Waals surface area contributed by atoms with Crippen LogP contribution in [0, 0.1) is 5.92 Å². The molecule has 6 heteroatoms. The molecule has 2 aliphatic heterocycles. The van der Waals surface area contributed by atoms with Crippen molar-refractivity contribution in [3.8, 4) is 0 Å². The van der Waals surface area contributed by atoms with Crippen LogP contribution in [-0.2, 0) is 5.54 Å². The Hall–Kier alpha value is -2.50. The molecule has 5 rings (SSSR count). The summed E-state index contributed by atoms with van der Waals surface area (Å²) in [4.78, 5) is 17.8. The first-order valence-corrected chi connectivity index (χ1v) is 12.0. The monoisotopic (exact) mass is 421 g/mol. The molecule has 1 unspecified atom stereocenters. The predicted molar refractivity (Wildman–Crippen MR) is 125 cm³/mol. The van der Waals surface area contributed by atoms with Crippen molar-refractivity contribution in [3.05, 3.63) is 42.1 Å². The van der Waals surface area contributed by atoms with Gasteiger partial charge in [0.1, 0.15) is 11.4 Å². The van der Waals surface area contributed by atoms with Crippen molar-refractivity contribution >= 4 is 17.4 Å². The maximum absolute atomic E-state index is 13.5. The van der Waals surface area contributed by atoms with Gasteiger partial charge in [-0.3, -0.25) is 4.79 Å². The van der Waals surface area contributed by atoms with Gasteiger partial charge in [-0.2, -0.15) is 5.10 Å². The Kier molecular flexibility index (Phi) is 5.40. The van der Waals surface area contributed by atoms with E-state index >= 15 is 0 Å². The third-order valence-electron chi connectivity index (χ3n) is 7.52. The van der Waals surface area contributed by atoms with Crippen LogP contribution in [-0.4, -0.2) is 52.8 Å². The standard InChI is InChI=1S/C25H35N5O/c1-25(2)17-22(19-9-5-3-6-10-19)27-23-21(18-26-30(23)25)24(31)29-15-13-28(14-16-29)20-11-7-4-8-12-20/h4,7-8,11-12,18-19,22,27H,3,5-6,9-10,13-17H2,1-2H3. The lowest BCUT2D eigenvalue weighted by atomic mass is 9.78. The fourth-order valence-electron chi connectivity index (χ4n) is 5.75. The highest BCUT2D eigenvalue weighted by Crippen LogP contribution is 2.40. The number of rotatable bonds is 3. The molecule has 2 aromatic rings. The zero-order valence-corrected chi connectivity index (χ0v) is 18.9. The molecular formula is C25H35N5O. The molecule has 0 bridgehead atoms. The molecule has 1 aromatic heterocycles. The quantitative estimate of drug-likeness (QED) is 0.801. The Bertz CT molecular complexity index is 907. The molecule has 6 nitrogen and oxygen atoms in total. The van der Waals surface area contributed by atoms with Gasteiger partial charge in [-0.1, -0.05) is 37.5 Å². The van der Waals surface area contributed by atoms with E-state index in [9.17, 15) is 4.79 Å². The number of hydrogen-bond donors (Lipinski definition) is 1. The smallest absolute Gasteiger partial charge is 0.259 e.